The van der Waals surface area contributed by atoms with Gasteiger partial charge in [-0.3, -0.25) is 0 Å². The second-order valence-corrected chi connectivity index (χ2v) is 6.57. The van der Waals surface area contributed by atoms with Gasteiger partial charge in [0.25, 0.3) is 0 Å². The maximum Gasteiger partial charge on any atom is 0.0104 e. The molecule has 0 spiro atoms. The van der Waals surface area contributed by atoms with E-state index < -0.39 is 0 Å². The van der Waals surface area contributed by atoms with Crippen molar-refractivity contribution in [2.45, 2.75) is 39.0 Å². The number of benzene rings is 1. The first-order valence-electron chi connectivity index (χ1n) is 6.19. The van der Waals surface area contributed by atoms with Crippen LogP contribution < -0.4 is 0 Å². The van der Waals surface area contributed by atoms with Crippen LogP contribution in [0.2, 0.25) is 0 Å². The van der Waals surface area contributed by atoms with Crippen LogP contribution in [0.4, 0.5) is 0 Å². The van der Waals surface area contributed by atoms with Crippen molar-refractivity contribution >= 4 is 11.3 Å². The molecule has 1 aromatic heterocycles. The Labute approximate surface area is 108 Å². The molecule has 0 nitrogen and oxygen atoms in total. The monoisotopic (exact) mass is 244 g/mol. The highest BCUT2D eigenvalue weighted by Gasteiger charge is 2.21. The van der Waals surface area contributed by atoms with Gasteiger partial charge in [0.2, 0.25) is 0 Å². The van der Waals surface area contributed by atoms with Crippen LogP contribution in [0.15, 0.2) is 42.5 Å². The van der Waals surface area contributed by atoms with Crippen LogP contribution in [-0.2, 0) is 11.8 Å². The Morgan fingerprint density at radius 2 is 1.71 bits per heavy atom. The summed E-state index contributed by atoms with van der Waals surface area (Å²) in [5, 5.41) is 0. The molecule has 17 heavy (non-hydrogen) atoms. The molecule has 0 aliphatic carbocycles. The minimum Gasteiger partial charge on any atom is -0.145 e. The van der Waals surface area contributed by atoms with Crippen LogP contribution in [-0.4, -0.2) is 0 Å². The van der Waals surface area contributed by atoms with E-state index in [1.54, 1.807) is 0 Å². The second kappa shape index (κ2) is 5.05. The number of rotatable bonds is 4. The molecule has 0 radical (unpaired) electrons. The third-order valence-corrected chi connectivity index (χ3v) is 4.66. The lowest BCUT2D eigenvalue weighted by molar-refractivity contribution is 0.489. The standard InChI is InChI=1S/C16H20S/c1-13-9-10-15(17-13)16(2,3)12-11-14-7-5-4-6-8-14/h4-10H,11-12H2,1-3H3. The van der Waals surface area contributed by atoms with Gasteiger partial charge in [-0.15, -0.1) is 11.3 Å². The molecule has 0 unspecified atom stereocenters. The van der Waals surface area contributed by atoms with Crippen molar-refractivity contribution in [2.75, 3.05) is 0 Å². The van der Waals surface area contributed by atoms with Gasteiger partial charge < -0.3 is 0 Å². The van der Waals surface area contributed by atoms with Crippen LogP contribution in [0.3, 0.4) is 0 Å². The van der Waals surface area contributed by atoms with Crippen LogP contribution in [0, 0.1) is 6.92 Å². The minimum absolute atomic E-state index is 0.286. The molecule has 0 amide bonds. The first-order valence-corrected chi connectivity index (χ1v) is 7.00. The summed E-state index contributed by atoms with van der Waals surface area (Å²) >= 11 is 1.93. The van der Waals surface area contributed by atoms with Crippen LogP contribution in [0.5, 0.6) is 0 Å². The summed E-state index contributed by atoms with van der Waals surface area (Å²) in [4.78, 5) is 2.92. The van der Waals surface area contributed by atoms with E-state index in [2.05, 4.69) is 63.2 Å². The number of hydrogen-bond donors (Lipinski definition) is 0. The lowest BCUT2D eigenvalue weighted by Crippen LogP contribution is -2.16. The van der Waals surface area contributed by atoms with Gasteiger partial charge in [-0.25, -0.2) is 0 Å². The Balaban J connectivity index is 2.03. The molecule has 0 aliphatic rings. The van der Waals surface area contributed by atoms with Gasteiger partial charge in [-0.05, 0) is 42.9 Å². The predicted molar refractivity (Wildman–Crippen MR) is 76.8 cm³/mol. The van der Waals surface area contributed by atoms with Gasteiger partial charge in [0.1, 0.15) is 0 Å². The van der Waals surface area contributed by atoms with Crippen molar-refractivity contribution in [3.05, 3.63) is 57.8 Å². The summed E-state index contributed by atoms with van der Waals surface area (Å²) in [6.45, 7) is 6.88. The molecule has 2 aromatic rings. The predicted octanol–water partition coefficient (Wildman–Crippen LogP) is 4.97. The molecule has 1 heteroatoms. The van der Waals surface area contributed by atoms with Crippen LogP contribution in [0.1, 0.15) is 35.6 Å². The van der Waals surface area contributed by atoms with E-state index in [-0.39, 0.29) is 5.41 Å². The zero-order valence-corrected chi connectivity index (χ0v) is 11.7. The van der Waals surface area contributed by atoms with Crippen molar-refractivity contribution < 1.29 is 0 Å². The van der Waals surface area contributed by atoms with Gasteiger partial charge in [0.05, 0.1) is 0 Å². The van der Waals surface area contributed by atoms with Crippen LogP contribution in [0.25, 0.3) is 0 Å². The van der Waals surface area contributed by atoms with Gasteiger partial charge in [0.15, 0.2) is 0 Å². The zero-order chi connectivity index (χ0) is 12.3. The molecule has 0 N–H and O–H groups in total. The number of aryl methyl sites for hydroxylation is 2. The summed E-state index contributed by atoms with van der Waals surface area (Å²) in [7, 11) is 0. The fraction of sp³-hybridized carbons (Fsp3) is 0.375. The highest BCUT2D eigenvalue weighted by molar-refractivity contribution is 7.12. The molecule has 0 saturated carbocycles. The van der Waals surface area contributed by atoms with Crippen LogP contribution >= 0.6 is 11.3 Å². The smallest absolute Gasteiger partial charge is 0.0104 e. The number of thiophene rings is 1. The van der Waals surface area contributed by atoms with E-state index in [0.29, 0.717) is 0 Å². The van der Waals surface area contributed by atoms with Gasteiger partial charge >= 0.3 is 0 Å². The zero-order valence-electron chi connectivity index (χ0n) is 10.9. The molecular weight excluding hydrogens is 224 g/mol. The molecule has 0 aliphatic heterocycles. The van der Waals surface area contributed by atoms with E-state index in [1.165, 1.54) is 21.7 Å². The highest BCUT2D eigenvalue weighted by Crippen LogP contribution is 2.33. The van der Waals surface area contributed by atoms with E-state index in [1.807, 2.05) is 11.3 Å². The SMILES string of the molecule is Cc1ccc(C(C)(C)CCc2ccccc2)s1. The fourth-order valence-corrected chi connectivity index (χ4v) is 3.02. The minimum atomic E-state index is 0.286. The normalized spacial score (nSPS) is 11.7. The van der Waals surface area contributed by atoms with Crippen molar-refractivity contribution in [3.63, 3.8) is 0 Å². The Morgan fingerprint density at radius 1 is 1.00 bits per heavy atom. The van der Waals surface area contributed by atoms with Crippen molar-refractivity contribution in [2.24, 2.45) is 0 Å². The highest BCUT2D eigenvalue weighted by atomic mass is 32.1. The molecule has 2 rings (SSSR count). The van der Waals surface area contributed by atoms with Gasteiger partial charge in [-0.2, -0.15) is 0 Å². The summed E-state index contributed by atoms with van der Waals surface area (Å²) in [5.74, 6) is 0. The van der Waals surface area contributed by atoms with Gasteiger partial charge in [0, 0.05) is 9.75 Å². The molecule has 90 valence electrons. The van der Waals surface area contributed by atoms with Crippen molar-refractivity contribution in [1.82, 2.24) is 0 Å². The average molecular weight is 244 g/mol. The van der Waals surface area contributed by atoms with E-state index >= 15 is 0 Å². The molecule has 0 bridgehead atoms. The summed E-state index contributed by atoms with van der Waals surface area (Å²) < 4.78 is 0. The Morgan fingerprint density at radius 3 is 2.29 bits per heavy atom. The summed E-state index contributed by atoms with van der Waals surface area (Å²) in [6.07, 6.45) is 2.36. The second-order valence-electron chi connectivity index (χ2n) is 5.28. The Bertz CT molecular complexity index is 465. The molecule has 0 fully saturated rings. The summed E-state index contributed by atoms with van der Waals surface area (Å²) in [6, 6.07) is 15.3. The van der Waals surface area contributed by atoms with Crippen molar-refractivity contribution in [1.29, 1.82) is 0 Å². The topological polar surface area (TPSA) is 0 Å². The summed E-state index contributed by atoms with van der Waals surface area (Å²) in [5.41, 5.74) is 1.73. The maximum absolute atomic E-state index is 2.35. The largest absolute Gasteiger partial charge is 0.145 e. The van der Waals surface area contributed by atoms with Gasteiger partial charge in [-0.1, -0.05) is 44.2 Å². The maximum atomic E-state index is 2.35. The quantitative estimate of drug-likeness (QED) is 0.712. The lowest BCUT2D eigenvalue weighted by atomic mass is 9.85. The van der Waals surface area contributed by atoms with E-state index in [9.17, 15) is 0 Å². The third kappa shape index (κ3) is 3.19. The lowest BCUT2D eigenvalue weighted by Gasteiger charge is -2.23. The Kier molecular flexibility index (Phi) is 3.68. The molecule has 0 atom stereocenters. The first kappa shape index (κ1) is 12.4. The fourth-order valence-electron chi connectivity index (χ4n) is 2.02. The molecule has 1 aromatic carbocycles. The van der Waals surface area contributed by atoms with E-state index in [4.69, 9.17) is 0 Å². The average Bonchev–Trinajstić information content (AvgIpc) is 2.76. The third-order valence-electron chi connectivity index (χ3n) is 3.29. The number of hydrogen-bond acceptors (Lipinski definition) is 1. The molecule has 1 heterocycles. The molecular formula is C16H20S. The Hall–Kier alpha value is -1.08. The first-order chi connectivity index (χ1) is 8.08. The molecule has 0 saturated heterocycles. The van der Waals surface area contributed by atoms with Crippen molar-refractivity contribution in [3.8, 4) is 0 Å². The van der Waals surface area contributed by atoms with E-state index in [0.717, 1.165) is 6.42 Å².